The standard InChI is InChI=1S/C33H63N7O5/c1-28(2)19-22(31(7,8)37-28)25(41)34-13-16-38(17-14-35-26(42)23-20-29(3,4)39(44)32(23,9)10)18-15-36-27(43)24-21-30(5,6)40(45)33(24,11)12/h22-24,37,44-45H,13-21H2,1-12H3,(H,34,41)(H,35,42)(H,36,43). The van der Waals surface area contributed by atoms with Crippen molar-refractivity contribution in [3.05, 3.63) is 0 Å². The number of nitrogens with zero attached hydrogens (tertiary/aromatic N) is 3. The molecule has 260 valence electrons. The van der Waals surface area contributed by atoms with Gasteiger partial charge in [-0.2, -0.15) is 10.1 Å². The summed E-state index contributed by atoms with van der Waals surface area (Å²) in [7, 11) is 0. The lowest BCUT2D eigenvalue weighted by atomic mass is 9.86. The Morgan fingerprint density at radius 3 is 1.22 bits per heavy atom. The molecule has 3 heterocycles. The summed E-state index contributed by atoms with van der Waals surface area (Å²) >= 11 is 0. The molecule has 0 bridgehead atoms. The molecule has 0 saturated carbocycles. The van der Waals surface area contributed by atoms with Gasteiger partial charge in [0.1, 0.15) is 0 Å². The number of rotatable bonds is 12. The first-order chi connectivity index (χ1) is 20.3. The summed E-state index contributed by atoms with van der Waals surface area (Å²) in [5, 5.41) is 36.7. The molecule has 3 fully saturated rings. The second-order valence-electron chi connectivity index (χ2n) is 17.3. The summed E-state index contributed by atoms with van der Waals surface area (Å²) in [6, 6.07) is 0. The predicted molar refractivity (Wildman–Crippen MR) is 175 cm³/mol. The van der Waals surface area contributed by atoms with E-state index in [0.29, 0.717) is 52.1 Å². The van der Waals surface area contributed by atoms with Gasteiger partial charge in [-0.25, -0.2) is 0 Å². The fourth-order valence-electron chi connectivity index (χ4n) is 8.27. The summed E-state index contributed by atoms with van der Waals surface area (Å²) in [5.74, 6) is -1.02. The molecule has 45 heavy (non-hydrogen) atoms. The van der Waals surface area contributed by atoms with Gasteiger partial charge in [-0.15, -0.1) is 0 Å². The average molecular weight is 638 g/mol. The van der Waals surface area contributed by atoms with Crippen molar-refractivity contribution in [3.8, 4) is 0 Å². The van der Waals surface area contributed by atoms with Gasteiger partial charge in [-0.3, -0.25) is 19.3 Å². The van der Waals surface area contributed by atoms with Crippen LogP contribution in [0.2, 0.25) is 0 Å². The van der Waals surface area contributed by atoms with Gasteiger partial charge in [0.25, 0.3) is 0 Å². The first kappa shape index (κ1) is 37.6. The molecule has 6 N–H and O–H groups in total. The molecule has 0 aromatic heterocycles. The van der Waals surface area contributed by atoms with Crippen LogP contribution in [-0.2, 0) is 14.4 Å². The number of carbonyl (C=O) groups excluding carboxylic acids is 3. The average Bonchev–Trinajstić information content (AvgIpc) is 3.31. The lowest BCUT2D eigenvalue weighted by molar-refractivity contribution is -0.197. The monoisotopic (exact) mass is 637 g/mol. The topological polar surface area (TPSA) is 150 Å². The molecule has 0 aromatic rings. The summed E-state index contributed by atoms with van der Waals surface area (Å²) in [6.07, 6.45) is 1.85. The fourth-order valence-corrected chi connectivity index (χ4v) is 8.27. The second kappa shape index (κ2) is 13.0. The maximum absolute atomic E-state index is 13.2. The summed E-state index contributed by atoms with van der Waals surface area (Å²) < 4.78 is 0. The SMILES string of the molecule is CC1(C)CC(C(=O)NCCN(CCNC(=O)C2CC(C)(C)N(O)C2(C)C)CCNC(=O)C2CC(C)(C)N(O)C2(C)C)C(C)(C)N1. The Morgan fingerprint density at radius 2 is 0.956 bits per heavy atom. The minimum atomic E-state index is -0.688. The highest BCUT2D eigenvalue weighted by atomic mass is 16.5. The zero-order chi connectivity index (χ0) is 34.4. The van der Waals surface area contributed by atoms with E-state index in [1.807, 2.05) is 55.4 Å². The molecule has 3 atom stereocenters. The normalized spacial score (nSPS) is 29.5. The van der Waals surface area contributed by atoms with E-state index in [9.17, 15) is 24.8 Å². The third-order valence-electron chi connectivity index (χ3n) is 10.7. The van der Waals surface area contributed by atoms with E-state index in [4.69, 9.17) is 0 Å². The number of hydrogen-bond acceptors (Lipinski definition) is 9. The number of hydroxylamine groups is 4. The van der Waals surface area contributed by atoms with Gasteiger partial charge in [0.15, 0.2) is 0 Å². The van der Waals surface area contributed by atoms with E-state index in [-0.39, 0.29) is 46.6 Å². The van der Waals surface area contributed by atoms with Crippen molar-refractivity contribution >= 4 is 17.7 Å². The van der Waals surface area contributed by atoms with Crippen molar-refractivity contribution in [1.82, 2.24) is 36.3 Å². The van der Waals surface area contributed by atoms with E-state index in [2.05, 4.69) is 53.9 Å². The molecule has 12 heteroatoms. The van der Waals surface area contributed by atoms with Crippen LogP contribution in [0.3, 0.4) is 0 Å². The molecule has 3 unspecified atom stereocenters. The van der Waals surface area contributed by atoms with Gasteiger partial charge in [0.2, 0.25) is 17.7 Å². The molecule has 3 rings (SSSR count). The van der Waals surface area contributed by atoms with Crippen molar-refractivity contribution in [2.75, 3.05) is 39.3 Å². The molecule has 0 radical (unpaired) electrons. The zero-order valence-electron chi connectivity index (χ0n) is 30.1. The molecule has 3 amide bonds. The smallest absolute Gasteiger partial charge is 0.225 e. The number of amides is 3. The van der Waals surface area contributed by atoms with Crippen molar-refractivity contribution in [1.29, 1.82) is 0 Å². The van der Waals surface area contributed by atoms with Crippen molar-refractivity contribution in [2.45, 2.75) is 136 Å². The van der Waals surface area contributed by atoms with Gasteiger partial charge >= 0.3 is 0 Å². The zero-order valence-corrected chi connectivity index (χ0v) is 30.1. The van der Waals surface area contributed by atoms with Crippen molar-refractivity contribution in [2.24, 2.45) is 17.8 Å². The number of nitrogens with one attached hydrogen (secondary N) is 4. The minimum absolute atomic E-state index is 0.0268. The predicted octanol–water partition coefficient (Wildman–Crippen LogP) is 2.34. The molecular formula is C33H63N7O5. The molecule has 12 nitrogen and oxygen atoms in total. The van der Waals surface area contributed by atoms with E-state index in [1.54, 1.807) is 0 Å². The molecule has 3 aliphatic rings. The Morgan fingerprint density at radius 1 is 0.622 bits per heavy atom. The molecule has 0 aromatic carbocycles. The lowest BCUT2D eigenvalue weighted by Gasteiger charge is -2.35. The van der Waals surface area contributed by atoms with Crippen LogP contribution >= 0.6 is 0 Å². The van der Waals surface area contributed by atoms with Crippen LogP contribution in [0, 0.1) is 17.8 Å². The second-order valence-corrected chi connectivity index (χ2v) is 17.3. The summed E-state index contributed by atoms with van der Waals surface area (Å²) in [4.78, 5) is 41.7. The third-order valence-corrected chi connectivity index (χ3v) is 10.7. The third kappa shape index (κ3) is 8.19. The first-order valence-corrected chi connectivity index (χ1v) is 16.7. The molecule has 3 aliphatic heterocycles. The quantitative estimate of drug-likeness (QED) is 0.190. The van der Waals surface area contributed by atoms with Crippen LogP contribution in [0.25, 0.3) is 0 Å². The lowest BCUT2D eigenvalue weighted by Crippen LogP contribution is -2.51. The van der Waals surface area contributed by atoms with Crippen LogP contribution in [0.15, 0.2) is 0 Å². The van der Waals surface area contributed by atoms with Crippen LogP contribution in [-0.4, -0.2) is 116 Å². The maximum Gasteiger partial charge on any atom is 0.225 e. The van der Waals surface area contributed by atoms with Crippen molar-refractivity contribution in [3.63, 3.8) is 0 Å². The van der Waals surface area contributed by atoms with Gasteiger partial charge in [-0.05, 0) is 102 Å². The fraction of sp³-hybridized carbons (Fsp3) is 0.909. The van der Waals surface area contributed by atoms with Crippen LogP contribution in [0.4, 0.5) is 0 Å². The molecule has 0 spiro atoms. The van der Waals surface area contributed by atoms with Crippen molar-refractivity contribution < 1.29 is 24.8 Å². The largest absolute Gasteiger partial charge is 0.355 e. The molecule has 0 aliphatic carbocycles. The Hall–Kier alpha value is -1.83. The maximum atomic E-state index is 13.2. The van der Waals surface area contributed by atoms with Crippen LogP contribution < -0.4 is 21.3 Å². The Bertz CT molecular complexity index is 1050. The number of hydrogen-bond donors (Lipinski definition) is 6. The summed E-state index contributed by atoms with van der Waals surface area (Å²) in [6.45, 7) is 26.5. The van der Waals surface area contributed by atoms with E-state index in [1.165, 1.54) is 10.1 Å². The van der Waals surface area contributed by atoms with E-state index < -0.39 is 22.2 Å². The highest BCUT2D eigenvalue weighted by Crippen LogP contribution is 2.44. The Balaban J connectivity index is 1.58. The van der Waals surface area contributed by atoms with Gasteiger partial charge in [0.05, 0.1) is 28.8 Å². The number of carbonyl (C=O) groups is 3. The van der Waals surface area contributed by atoms with Crippen LogP contribution in [0.1, 0.15) is 102 Å². The Labute approximate surface area is 271 Å². The highest BCUT2D eigenvalue weighted by Gasteiger charge is 2.55. The van der Waals surface area contributed by atoms with Gasteiger partial charge < -0.3 is 31.7 Å². The van der Waals surface area contributed by atoms with Gasteiger partial charge in [0, 0.05) is 61.4 Å². The highest BCUT2D eigenvalue weighted by molar-refractivity contribution is 5.81. The van der Waals surface area contributed by atoms with Gasteiger partial charge in [-0.1, -0.05) is 0 Å². The van der Waals surface area contributed by atoms with Crippen LogP contribution in [0.5, 0.6) is 0 Å². The molecule has 3 saturated heterocycles. The van der Waals surface area contributed by atoms with E-state index >= 15 is 0 Å². The summed E-state index contributed by atoms with van der Waals surface area (Å²) in [5.41, 5.74) is -2.79. The minimum Gasteiger partial charge on any atom is -0.355 e. The first-order valence-electron chi connectivity index (χ1n) is 16.7. The Kier molecular flexibility index (Phi) is 10.9. The van der Waals surface area contributed by atoms with E-state index in [0.717, 1.165) is 6.42 Å². The molecular weight excluding hydrogens is 574 g/mol.